The van der Waals surface area contributed by atoms with Crippen LogP contribution in [0.2, 0.25) is 0 Å². The van der Waals surface area contributed by atoms with E-state index in [1.54, 1.807) is 14.2 Å². The van der Waals surface area contributed by atoms with Gasteiger partial charge in [0.1, 0.15) is 5.75 Å². The van der Waals surface area contributed by atoms with Gasteiger partial charge in [0.15, 0.2) is 0 Å². The van der Waals surface area contributed by atoms with Crippen molar-refractivity contribution in [3.05, 3.63) is 29.8 Å². The average Bonchev–Trinajstić information content (AvgIpc) is 2.30. The molecule has 2 atom stereocenters. The van der Waals surface area contributed by atoms with Crippen LogP contribution in [0.1, 0.15) is 31.7 Å². The molecule has 0 spiro atoms. The van der Waals surface area contributed by atoms with Crippen LogP contribution < -0.4 is 4.74 Å². The van der Waals surface area contributed by atoms with E-state index in [0.717, 1.165) is 12.2 Å². The Bertz CT molecular complexity index is 296. The van der Waals surface area contributed by atoms with Crippen LogP contribution in [0.3, 0.4) is 0 Å². The molecule has 1 aromatic rings. The number of methoxy groups -OCH3 is 2. The predicted octanol–water partition coefficient (Wildman–Crippen LogP) is 3.22. The van der Waals surface area contributed by atoms with Crippen LogP contribution >= 0.6 is 0 Å². The summed E-state index contributed by atoms with van der Waals surface area (Å²) in [5, 5.41) is 0. The lowest BCUT2D eigenvalue weighted by molar-refractivity contribution is 0.0926. The minimum Gasteiger partial charge on any atom is -0.497 e. The van der Waals surface area contributed by atoms with Crippen molar-refractivity contribution in [2.24, 2.45) is 0 Å². The van der Waals surface area contributed by atoms with Crippen molar-refractivity contribution in [3.8, 4) is 5.75 Å². The summed E-state index contributed by atoms with van der Waals surface area (Å²) in [6.45, 7) is 4.29. The van der Waals surface area contributed by atoms with E-state index in [0.29, 0.717) is 5.92 Å². The van der Waals surface area contributed by atoms with E-state index in [4.69, 9.17) is 9.47 Å². The zero-order chi connectivity index (χ0) is 11.3. The highest BCUT2D eigenvalue weighted by molar-refractivity contribution is 5.31. The standard InChI is InChI=1S/C13H20O2/c1-5-13(10(2)14-3)11-7-6-8-12(9-11)15-4/h6-10,13H,5H2,1-4H3. The first-order valence-corrected chi connectivity index (χ1v) is 5.39. The van der Waals surface area contributed by atoms with Gasteiger partial charge in [-0.25, -0.2) is 0 Å². The second-order valence-electron chi connectivity index (χ2n) is 3.73. The van der Waals surface area contributed by atoms with Crippen molar-refractivity contribution >= 4 is 0 Å². The molecule has 0 aliphatic rings. The summed E-state index contributed by atoms with van der Waals surface area (Å²) in [6, 6.07) is 8.21. The Morgan fingerprint density at radius 3 is 2.53 bits per heavy atom. The van der Waals surface area contributed by atoms with E-state index in [1.165, 1.54) is 5.56 Å². The molecule has 84 valence electrons. The molecule has 0 amide bonds. The molecule has 0 aliphatic carbocycles. The van der Waals surface area contributed by atoms with Gasteiger partial charge in [-0.05, 0) is 31.0 Å². The van der Waals surface area contributed by atoms with Gasteiger partial charge in [-0.15, -0.1) is 0 Å². The molecule has 0 saturated carbocycles. The van der Waals surface area contributed by atoms with Gasteiger partial charge in [0, 0.05) is 13.0 Å². The second-order valence-corrected chi connectivity index (χ2v) is 3.73. The monoisotopic (exact) mass is 208 g/mol. The summed E-state index contributed by atoms with van der Waals surface area (Å²) in [5.74, 6) is 1.35. The summed E-state index contributed by atoms with van der Waals surface area (Å²) in [4.78, 5) is 0. The molecular weight excluding hydrogens is 188 g/mol. The molecular formula is C13H20O2. The fourth-order valence-corrected chi connectivity index (χ4v) is 1.88. The van der Waals surface area contributed by atoms with E-state index in [2.05, 4.69) is 26.0 Å². The van der Waals surface area contributed by atoms with Crippen LogP contribution in [0.4, 0.5) is 0 Å². The SMILES string of the molecule is CCC(c1cccc(OC)c1)C(C)OC. The van der Waals surface area contributed by atoms with Gasteiger partial charge in [-0.3, -0.25) is 0 Å². The Labute approximate surface area is 92.2 Å². The van der Waals surface area contributed by atoms with E-state index in [1.807, 2.05) is 12.1 Å². The Kier molecular flexibility index (Phi) is 4.63. The summed E-state index contributed by atoms with van der Waals surface area (Å²) in [7, 11) is 3.45. The highest BCUT2D eigenvalue weighted by Gasteiger charge is 2.17. The highest BCUT2D eigenvalue weighted by Crippen LogP contribution is 2.27. The Morgan fingerprint density at radius 1 is 1.27 bits per heavy atom. The van der Waals surface area contributed by atoms with Crippen LogP contribution in [0.15, 0.2) is 24.3 Å². The molecule has 0 heterocycles. The second kappa shape index (κ2) is 5.76. The molecule has 2 nitrogen and oxygen atoms in total. The maximum atomic E-state index is 5.39. The molecule has 2 unspecified atom stereocenters. The molecule has 15 heavy (non-hydrogen) atoms. The van der Waals surface area contributed by atoms with Crippen LogP contribution in [-0.4, -0.2) is 20.3 Å². The quantitative estimate of drug-likeness (QED) is 0.739. The van der Waals surface area contributed by atoms with Gasteiger partial charge >= 0.3 is 0 Å². The Morgan fingerprint density at radius 2 is 2.00 bits per heavy atom. The lowest BCUT2D eigenvalue weighted by atomic mass is 9.91. The van der Waals surface area contributed by atoms with E-state index >= 15 is 0 Å². The fourth-order valence-electron chi connectivity index (χ4n) is 1.88. The van der Waals surface area contributed by atoms with Crippen LogP contribution in [0, 0.1) is 0 Å². The normalized spacial score (nSPS) is 14.7. The van der Waals surface area contributed by atoms with Crippen molar-refractivity contribution in [1.29, 1.82) is 0 Å². The summed E-state index contributed by atoms with van der Waals surface area (Å²) in [6.07, 6.45) is 1.31. The van der Waals surface area contributed by atoms with Crippen LogP contribution in [0.25, 0.3) is 0 Å². The largest absolute Gasteiger partial charge is 0.497 e. The van der Waals surface area contributed by atoms with Crippen LogP contribution in [0.5, 0.6) is 5.75 Å². The number of rotatable bonds is 5. The smallest absolute Gasteiger partial charge is 0.119 e. The third-order valence-corrected chi connectivity index (χ3v) is 2.90. The molecule has 0 N–H and O–H groups in total. The summed E-state index contributed by atoms with van der Waals surface area (Å²) >= 11 is 0. The maximum Gasteiger partial charge on any atom is 0.119 e. The lowest BCUT2D eigenvalue weighted by Crippen LogP contribution is -2.16. The van der Waals surface area contributed by atoms with E-state index in [-0.39, 0.29) is 6.10 Å². The summed E-state index contributed by atoms with van der Waals surface area (Å²) in [5.41, 5.74) is 1.28. The highest BCUT2D eigenvalue weighted by atomic mass is 16.5. The van der Waals surface area contributed by atoms with Crippen LogP contribution in [-0.2, 0) is 4.74 Å². The zero-order valence-corrected chi connectivity index (χ0v) is 9.99. The third-order valence-electron chi connectivity index (χ3n) is 2.90. The molecule has 1 aromatic carbocycles. The molecule has 0 saturated heterocycles. The Hall–Kier alpha value is -1.02. The van der Waals surface area contributed by atoms with Gasteiger partial charge in [-0.1, -0.05) is 19.1 Å². The first-order valence-electron chi connectivity index (χ1n) is 5.39. The topological polar surface area (TPSA) is 18.5 Å². The maximum absolute atomic E-state index is 5.39. The number of hydrogen-bond donors (Lipinski definition) is 0. The molecule has 0 aliphatic heterocycles. The number of ether oxygens (including phenoxy) is 2. The number of benzene rings is 1. The van der Waals surface area contributed by atoms with Gasteiger partial charge in [0.25, 0.3) is 0 Å². The average molecular weight is 208 g/mol. The van der Waals surface area contributed by atoms with Crippen molar-refractivity contribution in [2.45, 2.75) is 32.3 Å². The molecule has 0 fully saturated rings. The summed E-state index contributed by atoms with van der Waals surface area (Å²) < 4.78 is 10.6. The minimum absolute atomic E-state index is 0.238. The fraction of sp³-hybridized carbons (Fsp3) is 0.538. The van der Waals surface area contributed by atoms with Crippen molar-refractivity contribution in [3.63, 3.8) is 0 Å². The van der Waals surface area contributed by atoms with Gasteiger partial charge < -0.3 is 9.47 Å². The third kappa shape index (κ3) is 2.96. The lowest BCUT2D eigenvalue weighted by Gasteiger charge is -2.22. The zero-order valence-electron chi connectivity index (χ0n) is 9.99. The Balaban J connectivity index is 2.91. The van der Waals surface area contributed by atoms with Gasteiger partial charge in [0.05, 0.1) is 13.2 Å². The first-order chi connectivity index (χ1) is 7.22. The van der Waals surface area contributed by atoms with Crippen molar-refractivity contribution in [1.82, 2.24) is 0 Å². The molecule has 2 heteroatoms. The molecule has 1 rings (SSSR count). The van der Waals surface area contributed by atoms with Gasteiger partial charge in [-0.2, -0.15) is 0 Å². The molecule has 0 radical (unpaired) electrons. The first kappa shape index (κ1) is 12.1. The van der Waals surface area contributed by atoms with E-state index in [9.17, 15) is 0 Å². The van der Waals surface area contributed by atoms with Gasteiger partial charge in [0.2, 0.25) is 0 Å². The minimum atomic E-state index is 0.238. The molecule has 0 bridgehead atoms. The van der Waals surface area contributed by atoms with E-state index < -0.39 is 0 Å². The number of hydrogen-bond acceptors (Lipinski definition) is 2. The predicted molar refractivity (Wildman–Crippen MR) is 62.5 cm³/mol. The van der Waals surface area contributed by atoms with Crippen molar-refractivity contribution in [2.75, 3.05) is 14.2 Å². The van der Waals surface area contributed by atoms with Crippen molar-refractivity contribution < 1.29 is 9.47 Å². The molecule has 0 aromatic heterocycles.